The van der Waals surface area contributed by atoms with E-state index >= 15 is 0 Å². The maximum Gasteiger partial charge on any atom is 0.0801 e. The molecule has 18 heavy (non-hydrogen) atoms. The Kier molecular flexibility index (Phi) is 4.30. The van der Waals surface area contributed by atoms with Gasteiger partial charge in [0.15, 0.2) is 0 Å². The Bertz CT molecular complexity index is 420. The Morgan fingerprint density at radius 1 is 1.44 bits per heavy atom. The molecule has 0 bridgehead atoms. The van der Waals surface area contributed by atoms with Gasteiger partial charge in [0.2, 0.25) is 0 Å². The topological polar surface area (TPSA) is 24.5 Å². The van der Waals surface area contributed by atoms with Gasteiger partial charge in [-0.25, -0.2) is 0 Å². The summed E-state index contributed by atoms with van der Waals surface area (Å²) in [5, 5.41) is 3.23. The fraction of sp³-hybridized carbons (Fsp3) is 0.571. The molecule has 0 saturated carbocycles. The molecule has 0 aliphatic carbocycles. The maximum atomic E-state index is 5.78. The van der Waals surface area contributed by atoms with Gasteiger partial charge < -0.3 is 15.0 Å². The summed E-state index contributed by atoms with van der Waals surface area (Å²) in [5.74, 6) is 0. The molecule has 0 radical (unpaired) electrons. The standard InChI is InChI=1S/C14H21BrN2O/c1-14(2)10-17(6-7-18-14)13-8-12(15)5-4-11(13)9-16-3/h4-5,8,16H,6-7,9-10H2,1-3H3. The van der Waals surface area contributed by atoms with Gasteiger partial charge in [0.05, 0.1) is 12.2 Å². The average Bonchev–Trinajstić information content (AvgIpc) is 2.30. The maximum absolute atomic E-state index is 5.78. The van der Waals surface area contributed by atoms with E-state index in [1.807, 2.05) is 7.05 Å². The molecule has 3 nitrogen and oxygen atoms in total. The first-order chi connectivity index (χ1) is 8.52. The summed E-state index contributed by atoms with van der Waals surface area (Å²) < 4.78 is 6.90. The van der Waals surface area contributed by atoms with E-state index < -0.39 is 0 Å². The highest BCUT2D eigenvalue weighted by Crippen LogP contribution is 2.29. The van der Waals surface area contributed by atoms with Crippen LogP contribution in [0.2, 0.25) is 0 Å². The molecule has 1 saturated heterocycles. The monoisotopic (exact) mass is 312 g/mol. The third-order valence-corrected chi connectivity index (χ3v) is 3.67. The SMILES string of the molecule is CNCc1ccc(Br)cc1N1CCOC(C)(C)C1. The van der Waals surface area contributed by atoms with Gasteiger partial charge in [-0.1, -0.05) is 22.0 Å². The lowest BCUT2D eigenvalue weighted by Crippen LogP contribution is -2.48. The molecule has 1 aliphatic heterocycles. The number of hydrogen-bond donors (Lipinski definition) is 1. The molecule has 2 rings (SSSR count). The predicted molar refractivity (Wildman–Crippen MR) is 79.1 cm³/mol. The van der Waals surface area contributed by atoms with Crippen LogP contribution in [0.5, 0.6) is 0 Å². The third-order valence-electron chi connectivity index (χ3n) is 3.18. The first-order valence-electron chi connectivity index (χ1n) is 6.34. The van der Waals surface area contributed by atoms with Gasteiger partial charge in [0.25, 0.3) is 0 Å². The number of nitrogens with zero attached hydrogens (tertiary/aromatic N) is 1. The summed E-state index contributed by atoms with van der Waals surface area (Å²) in [6.45, 7) is 7.86. The fourth-order valence-electron chi connectivity index (χ4n) is 2.39. The second-order valence-electron chi connectivity index (χ2n) is 5.33. The average molecular weight is 313 g/mol. The van der Waals surface area contributed by atoms with Crippen LogP contribution in [0.1, 0.15) is 19.4 Å². The smallest absolute Gasteiger partial charge is 0.0801 e. The number of nitrogens with one attached hydrogen (secondary N) is 1. The summed E-state index contributed by atoms with van der Waals surface area (Å²) >= 11 is 3.56. The first-order valence-corrected chi connectivity index (χ1v) is 7.13. The molecule has 1 N–H and O–H groups in total. The van der Waals surface area contributed by atoms with Crippen molar-refractivity contribution in [1.29, 1.82) is 0 Å². The third kappa shape index (κ3) is 3.25. The van der Waals surface area contributed by atoms with Crippen molar-refractivity contribution in [3.05, 3.63) is 28.2 Å². The number of halogens is 1. The van der Waals surface area contributed by atoms with E-state index in [2.05, 4.69) is 58.2 Å². The molecule has 0 amide bonds. The zero-order chi connectivity index (χ0) is 13.2. The van der Waals surface area contributed by atoms with Crippen LogP contribution < -0.4 is 10.2 Å². The number of ether oxygens (including phenoxy) is 1. The van der Waals surface area contributed by atoms with E-state index in [1.54, 1.807) is 0 Å². The van der Waals surface area contributed by atoms with E-state index in [-0.39, 0.29) is 5.60 Å². The van der Waals surface area contributed by atoms with Crippen molar-refractivity contribution in [3.8, 4) is 0 Å². The zero-order valence-electron chi connectivity index (χ0n) is 11.3. The van der Waals surface area contributed by atoms with Crippen LogP contribution in [0.4, 0.5) is 5.69 Å². The van der Waals surface area contributed by atoms with Crippen molar-refractivity contribution in [2.24, 2.45) is 0 Å². The highest BCUT2D eigenvalue weighted by molar-refractivity contribution is 9.10. The number of hydrogen-bond acceptors (Lipinski definition) is 3. The molecule has 0 aromatic heterocycles. The minimum atomic E-state index is -0.0719. The van der Waals surface area contributed by atoms with Crippen LogP contribution in [0.25, 0.3) is 0 Å². The normalized spacial score (nSPS) is 19.0. The first kappa shape index (κ1) is 13.8. The van der Waals surface area contributed by atoms with Gasteiger partial charge in [0, 0.05) is 29.8 Å². The Morgan fingerprint density at radius 3 is 2.89 bits per heavy atom. The molecule has 0 unspecified atom stereocenters. The van der Waals surface area contributed by atoms with Crippen LogP contribution in [0.15, 0.2) is 22.7 Å². The molecule has 1 aromatic carbocycles. The quantitative estimate of drug-likeness (QED) is 0.929. The van der Waals surface area contributed by atoms with Crippen LogP contribution in [0.3, 0.4) is 0 Å². The Balaban J connectivity index is 2.28. The largest absolute Gasteiger partial charge is 0.372 e. The van der Waals surface area contributed by atoms with Crippen molar-refractivity contribution < 1.29 is 4.74 Å². The zero-order valence-corrected chi connectivity index (χ0v) is 12.9. The fourth-order valence-corrected chi connectivity index (χ4v) is 2.74. The molecule has 0 atom stereocenters. The summed E-state index contributed by atoms with van der Waals surface area (Å²) in [7, 11) is 1.98. The lowest BCUT2D eigenvalue weighted by molar-refractivity contribution is -0.0277. The summed E-state index contributed by atoms with van der Waals surface area (Å²) in [6.07, 6.45) is 0. The van der Waals surface area contributed by atoms with Crippen LogP contribution in [-0.2, 0) is 11.3 Å². The van der Waals surface area contributed by atoms with Crippen LogP contribution in [-0.4, -0.2) is 32.3 Å². The van der Waals surface area contributed by atoms with Crippen molar-refractivity contribution in [1.82, 2.24) is 5.32 Å². The Hall–Kier alpha value is -0.580. The van der Waals surface area contributed by atoms with E-state index in [4.69, 9.17) is 4.74 Å². The molecule has 4 heteroatoms. The van der Waals surface area contributed by atoms with Gasteiger partial charge in [-0.05, 0) is 38.6 Å². The van der Waals surface area contributed by atoms with Crippen molar-refractivity contribution in [2.75, 3.05) is 31.6 Å². The number of anilines is 1. The van der Waals surface area contributed by atoms with Gasteiger partial charge in [-0.15, -0.1) is 0 Å². The number of rotatable bonds is 3. The van der Waals surface area contributed by atoms with Crippen molar-refractivity contribution in [3.63, 3.8) is 0 Å². The minimum absolute atomic E-state index is 0.0719. The van der Waals surface area contributed by atoms with E-state index in [1.165, 1.54) is 11.3 Å². The number of morpholine rings is 1. The van der Waals surface area contributed by atoms with E-state index in [9.17, 15) is 0 Å². The van der Waals surface area contributed by atoms with Gasteiger partial charge in [-0.3, -0.25) is 0 Å². The molecule has 1 aromatic rings. The summed E-state index contributed by atoms with van der Waals surface area (Å²) in [5.41, 5.74) is 2.56. The van der Waals surface area contributed by atoms with Crippen molar-refractivity contribution >= 4 is 21.6 Å². The predicted octanol–water partition coefficient (Wildman–Crippen LogP) is 2.78. The lowest BCUT2D eigenvalue weighted by atomic mass is 10.0. The number of benzene rings is 1. The van der Waals surface area contributed by atoms with Gasteiger partial charge in [0.1, 0.15) is 0 Å². The van der Waals surface area contributed by atoms with E-state index in [0.717, 1.165) is 30.7 Å². The van der Waals surface area contributed by atoms with Gasteiger partial charge >= 0.3 is 0 Å². The second kappa shape index (κ2) is 5.59. The van der Waals surface area contributed by atoms with Crippen LogP contribution in [0, 0.1) is 0 Å². The van der Waals surface area contributed by atoms with Crippen molar-refractivity contribution in [2.45, 2.75) is 26.0 Å². The molecule has 1 heterocycles. The lowest BCUT2D eigenvalue weighted by Gasteiger charge is -2.40. The Labute approximate surface area is 118 Å². The molecule has 0 spiro atoms. The molecule has 100 valence electrons. The van der Waals surface area contributed by atoms with Crippen LogP contribution >= 0.6 is 15.9 Å². The van der Waals surface area contributed by atoms with E-state index in [0.29, 0.717) is 0 Å². The minimum Gasteiger partial charge on any atom is -0.372 e. The molecular formula is C14H21BrN2O. The molecule has 1 fully saturated rings. The summed E-state index contributed by atoms with van der Waals surface area (Å²) in [4.78, 5) is 2.42. The Morgan fingerprint density at radius 2 is 2.22 bits per heavy atom. The molecular weight excluding hydrogens is 292 g/mol. The highest BCUT2D eigenvalue weighted by Gasteiger charge is 2.28. The summed E-state index contributed by atoms with van der Waals surface area (Å²) in [6, 6.07) is 6.48. The molecule has 1 aliphatic rings. The second-order valence-corrected chi connectivity index (χ2v) is 6.25. The highest BCUT2D eigenvalue weighted by atomic mass is 79.9. The van der Waals surface area contributed by atoms with Gasteiger partial charge in [-0.2, -0.15) is 0 Å².